The molecule has 76 valence electrons. The van der Waals surface area contributed by atoms with Crippen molar-refractivity contribution in [3.8, 4) is 0 Å². The van der Waals surface area contributed by atoms with Gasteiger partial charge in [0.25, 0.3) is 0 Å². The van der Waals surface area contributed by atoms with Gasteiger partial charge in [0.05, 0.1) is 6.67 Å². The van der Waals surface area contributed by atoms with Gasteiger partial charge in [-0.15, -0.1) is 0 Å². The fourth-order valence-corrected chi connectivity index (χ4v) is 1.76. The van der Waals surface area contributed by atoms with Gasteiger partial charge in [-0.2, -0.15) is 0 Å². The fraction of sp³-hybridized carbons (Fsp3) is 0.818. The monoisotopic (exact) mass is 182 g/mol. The van der Waals surface area contributed by atoms with E-state index >= 15 is 0 Å². The zero-order chi connectivity index (χ0) is 9.52. The Morgan fingerprint density at radius 1 is 1.23 bits per heavy atom. The second-order valence-electron chi connectivity index (χ2n) is 3.82. The van der Waals surface area contributed by atoms with E-state index in [1.807, 2.05) is 6.20 Å². The highest BCUT2D eigenvalue weighted by Crippen LogP contribution is 2.07. The van der Waals surface area contributed by atoms with E-state index in [9.17, 15) is 0 Å². The molecule has 1 rings (SSSR count). The van der Waals surface area contributed by atoms with E-state index in [0.29, 0.717) is 0 Å². The quantitative estimate of drug-likeness (QED) is 0.581. The smallest absolute Gasteiger partial charge is 0.0702 e. The SMILES string of the molecule is C=CN1CCN(CCCCCC)C1. The highest BCUT2D eigenvalue weighted by molar-refractivity contribution is 4.78. The van der Waals surface area contributed by atoms with Crippen molar-refractivity contribution in [3.63, 3.8) is 0 Å². The van der Waals surface area contributed by atoms with Gasteiger partial charge in [-0.1, -0.05) is 32.8 Å². The van der Waals surface area contributed by atoms with Crippen LogP contribution in [-0.2, 0) is 0 Å². The molecule has 0 bridgehead atoms. The second kappa shape index (κ2) is 6.03. The summed E-state index contributed by atoms with van der Waals surface area (Å²) < 4.78 is 0. The molecule has 0 unspecified atom stereocenters. The van der Waals surface area contributed by atoms with E-state index in [2.05, 4.69) is 23.3 Å². The molecule has 1 aliphatic heterocycles. The molecular weight excluding hydrogens is 160 g/mol. The van der Waals surface area contributed by atoms with Crippen molar-refractivity contribution >= 4 is 0 Å². The number of hydrogen-bond donors (Lipinski definition) is 0. The molecule has 0 spiro atoms. The largest absolute Gasteiger partial charge is 0.364 e. The Morgan fingerprint density at radius 2 is 2.08 bits per heavy atom. The molecule has 1 fully saturated rings. The number of rotatable bonds is 6. The lowest BCUT2D eigenvalue weighted by molar-refractivity contribution is 0.283. The molecule has 1 heterocycles. The third-order valence-electron chi connectivity index (χ3n) is 2.67. The first-order valence-corrected chi connectivity index (χ1v) is 5.45. The van der Waals surface area contributed by atoms with Crippen LogP contribution in [0.15, 0.2) is 12.8 Å². The normalized spacial score (nSPS) is 18.1. The molecule has 1 aliphatic rings. The predicted molar refractivity (Wildman–Crippen MR) is 57.5 cm³/mol. The summed E-state index contributed by atoms with van der Waals surface area (Å²) in [5.41, 5.74) is 0. The first-order chi connectivity index (χ1) is 6.36. The van der Waals surface area contributed by atoms with Gasteiger partial charge in [-0.05, 0) is 19.2 Å². The van der Waals surface area contributed by atoms with Crippen LogP contribution in [0.3, 0.4) is 0 Å². The predicted octanol–water partition coefficient (Wildman–Crippen LogP) is 2.29. The Bertz CT molecular complexity index is 145. The summed E-state index contributed by atoms with van der Waals surface area (Å²) in [7, 11) is 0. The molecule has 0 amide bonds. The summed E-state index contributed by atoms with van der Waals surface area (Å²) >= 11 is 0. The lowest BCUT2D eigenvalue weighted by Crippen LogP contribution is -2.23. The average molecular weight is 182 g/mol. The molecule has 13 heavy (non-hydrogen) atoms. The minimum Gasteiger partial charge on any atom is -0.364 e. The molecule has 0 saturated carbocycles. The van der Waals surface area contributed by atoms with Crippen molar-refractivity contribution in [2.24, 2.45) is 0 Å². The van der Waals surface area contributed by atoms with Gasteiger partial charge in [-0.25, -0.2) is 0 Å². The molecule has 0 N–H and O–H groups in total. The highest BCUT2D eigenvalue weighted by atomic mass is 15.4. The molecule has 0 atom stereocenters. The van der Waals surface area contributed by atoms with Crippen molar-refractivity contribution in [2.45, 2.75) is 32.6 Å². The Labute approximate surface area is 82.2 Å². The molecule has 0 aromatic carbocycles. The van der Waals surface area contributed by atoms with Crippen LogP contribution in [0.2, 0.25) is 0 Å². The molecule has 0 aliphatic carbocycles. The molecule has 0 radical (unpaired) electrons. The van der Waals surface area contributed by atoms with Crippen LogP contribution in [-0.4, -0.2) is 36.1 Å². The zero-order valence-electron chi connectivity index (χ0n) is 8.84. The van der Waals surface area contributed by atoms with E-state index in [0.717, 1.165) is 13.2 Å². The summed E-state index contributed by atoms with van der Waals surface area (Å²) in [4.78, 5) is 4.79. The summed E-state index contributed by atoms with van der Waals surface area (Å²) in [6, 6.07) is 0. The highest BCUT2D eigenvalue weighted by Gasteiger charge is 2.15. The van der Waals surface area contributed by atoms with E-state index in [-0.39, 0.29) is 0 Å². The fourth-order valence-electron chi connectivity index (χ4n) is 1.76. The number of hydrogen-bond acceptors (Lipinski definition) is 2. The molecular formula is C11H22N2. The van der Waals surface area contributed by atoms with Gasteiger partial charge in [0.15, 0.2) is 0 Å². The van der Waals surface area contributed by atoms with E-state index < -0.39 is 0 Å². The van der Waals surface area contributed by atoms with Crippen LogP contribution < -0.4 is 0 Å². The zero-order valence-corrected chi connectivity index (χ0v) is 8.84. The molecule has 2 heteroatoms. The van der Waals surface area contributed by atoms with Crippen LogP contribution in [0, 0.1) is 0 Å². The Hall–Kier alpha value is -0.500. The van der Waals surface area contributed by atoms with Gasteiger partial charge < -0.3 is 4.90 Å². The van der Waals surface area contributed by atoms with Crippen LogP contribution in [0.1, 0.15) is 32.6 Å². The van der Waals surface area contributed by atoms with Gasteiger partial charge in [0.1, 0.15) is 0 Å². The Balaban J connectivity index is 2.00. The van der Waals surface area contributed by atoms with Gasteiger partial charge >= 0.3 is 0 Å². The average Bonchev–Trinajstić information content (AvgIpc) is 2.60. The lowest BCUT2D eigenvalue weighted by Gasteiger charge is -2.15. The van der Waals surface area contributed by atoms with E-state index in [4.69, 9.17) is 0 Å². The maximum atomic E-state index is 3.79. The summed E-state index contributed by atoms with van der Waals surface area (Å²) in [5.74, 6) is 0. The van der Waals surface area contributed by atoms with E-state index in [1.54, 1.807) is 0 Å². The maximum absolute atomic E-state index is 3.79. The van der Waals surface area contributed by atoms with E-state index in [1.165, 1.54) is 38.8 Å². The number of unbranched alkanes of at least 4 members (excludes halogenated alkanes) is 3. The first-order valence-electron chi connectivity index (χ1n) is 5.45. The lowest BCUT2D eigenvalue weighted by atomic mass is 10.2. The molecule has 2 nitrogen and oxygen atoms in total. The molecule has 0 aromatic heterocycles. The van der Waals surface area contributed by atoms with Gasteiger partial charge in [-0.3, -0.25) is 4.90 Å². The van der Waals surface area contributed by atoms with Gasteiger partial charge in [0.2, 0.25) is 0 Å². The Kier molecular flexibility index (Phi) is 4.91. The molecule has 1 saturated heterocycles. The van der Waals surface area contributed by atoms with Crippen molar-refractivity contribution in [3.05, 3.63) is 12.8 Å². The Morgan fingerprint density at radius 3 is 2.69 bits per heavy atom. The summed E-state index contributed by atoms with van der Waals surface area (Å²) in [6.45, 7) is 10.8. The number of nitrogens with zero attached hydrogens (tertiary/aromatic N) is 2. The third kappa shape index (κ3) is 3.81. The van der Waals surface area contributed by atoms with Crippen LogP contribution in [0.5, 0.6) is 0 Å². The third-order valence-corrected chi connectivity index (χ3v) is 2.67. The van der Waals surface area contributed by atoms with Crippen molar-refractivity contribution in [2.75, 3.05) is 26.3 Å². The van der Waals surface area contributed by atoms with Crippen LogP contribution in [0.4, 0.5) is 0 Å². The summed E-state index contributed by atoms with van der Waals surface area (Å²) in [6.07, 6.45) is 7.42. The van der Waals surface area contributed by atoms with Crippen molar-refractivity contribution in [1.29, 1.82) is 0 Å². The van der Waals surface area contributed by atoms with Crippen molar-refractivity contribution < 1.29 is 0 Å². The minimum absolute atomic E-state index is 1.09. The maximum Gasteiger partial charge on any atom is 0.0702 e. The van der Waals surface area contributed by atoms with Crippen LogP contribution in [0.25, 0.3) is 0 Å². The first kappa shape index (κ1) is 10.6. The van der Waals surface area contributed by atoms with Crippen LogP contribution >= 0.6 is 0 Å². The molecule has 0 aromatic rings. The van der Waals surface area contributed by atoms with Gasteiger partial charge in [0, 0.05) is 13.1 Å². The second-order valence-corrected chi connectivity index (χ2v) is 3.82. The topological polar surface area (TPSA) is 6.48 Å². The standard InChI is InChI=1S/C11H22N2/c1-3-5-6-7-8-13-10-9-12(4-2)11-13/h4H,2-3,5-11H2,1H3. The summed E-state index contributed by atoms with van der Waals surface area (Å²) in [5, 5.41) is 0. The van der Waals surface area contributed by atoms with Crippen molar-refractivity contribution in [1.82, 2.24) is 9.80 Å². The minimum atomic E-state index is 1.09.